The number of ether oxygens (including phenoxy) is 1. The van der Waals surface area contributed by atoms with Gasteiger partial charge in [0.1, 0.15) is 5.75 Å². The molecule has 0 spiro atoms. The molecule has 0 bridgehead atoms. The summed E-state index contributed by atoms with van der Waals surface area (Å²) in [6.45, 7) is 10.9. The summed E-state index contributed by atoms with van der Waals surface area (Å²) >= 11 is 0. The van der Waals surface area contributed by atoms with Crippen LogP contribution in [0.3, 0.4) is 0 Å². The molecule has 3 nitrogen and oxygen atoms in total. The Balaban J connectivity index is 2.59. The number of nitrogens with zero attached hydrogens (tertiary/aromatic N) is 1. The van der Waals surface area contributed by atoms with Gasteiger partial charge in [-0.2, -0.15) is 0 Å². The van der Waals surface area contributed by atoms with E-state index in [9.17, 15) is 4.79 Å². The number of rotatable bonds is 6. The minimum atomic E-state index is 0.119. The maximum Gasteiger partial charge on any atom is 0.162 e. The molecule has 3 heteroatoms. The zero-order valence-electron chi connectivity index (χ0n) is 13.7. The molecule has 0 saturated heterocycles. The number of carbonyl (C=O) groups excluding carboxylic acids is 1. The molecular weight excluding hydrogens is 262 g/mol. The SMILES string of the molecule is CCCn1c(C)c(C(C)=O)c2cc(O[C@@H](C)CC)ccc21. The molecule has 1 aromatic carbocycles. The van der Waals surface area contributed by atoms with Crippen LogP contribution in [0.25, 0.3) is 10.9 Å². The van der Waals surface area contributed by atoms with Crippen LogP contribution >= 0.6 is 0 Å². The normalized spacial score (nSPS) is 12.6. The van der Waals surface area contributed by atoms with Crippen molar-refractivity contribution in [1.29, 1.82) is 0 Å². The Morgan fingerprint density at radius 3 is 2.62 bits per heavy atom. The maximum atomic E-state index is 12.0. The van der Waals surface area contributed by atoms with Gasteiger partial charge in [0.15, 0.2) is 5.78 Å². The van der Waals surface area contributed by atoms with E-state index in [-0.39, 0.29) is 11.9 Å². The molecule has 0 fully saturated rings. The highest BCUT2D eigenvalue weighted by Gasteiger charge is 2.17. The van der Waals surface area contributed by atoms with E-state index in [4.69, 9.17) is 4.74 Å². The summed E-state index contributed by atoms with van der Waals surface area (Å²) in [6, 6.07) is 6.09. The topological polar surface area (TPSA) is 31.2 Å². The molecule has 0 unspecified atom stereocenters. The monoisotopic (exact) mass is 287 g/mol. The van der Waals surface area contributed by atoms with Gasteiger partial charge in [-0.05, 0) is 51.8 Å². The van der Waals surface area contributed by atoms with Crippen LogP contribution in [0.2, 0.25) is 0 Å². The van der Waals surface area contributed by atoms with Gasteiger partial charge in [-0.15, -0.1) is 0 Å². The van der Waals surface area contributed by atoms with E-state index in [1.54, 1.807) is 6.92 Å². The van der Waals surface area contributed by atoms with E-state index in [0.717, 1.165) is 47.3 Å². The number of aryl methyl sites for hydroxylation is 1. The summed E-state index contributed by atoms with van der Waals surface area (Å²) in [5.41, 5.74) is 3.00. The minimum absolute atomic E-state index is 0.119. The molecule has 0 aliphatic rings. The van der Waals surface area contributed by atoms with Gasteiger partial charge in [-0.1, -0.05) is 13.8 Å². The number of hydrogen-bond donors (Lipinski definition) is 0. The van der Waals surface area contributed by atoms with E-state index in [2.05, 4.69) is 31.4 Å². The smallest absolute Gasteiger partial charge is 0.162 e. The van der Waals surface area contributed by atoms with Gasteiger partial charge >= 0.3 is 0 Å². The maximum absolute atomic E-state index is 12.0. The lowest BCUT2D eigenvalue weighted by atomic mass is 10.1. The van der Waals surface area contributed by atoms with Crippen LogP contribution in [0.4, 0.5) is 0 Å². The van der Waals surface area contributed by atoms with Gasteiger partial charge in [-0.3, -0.25) is 4.79 Å². The van der Waals surface area contributed by atoms with Crippen molar-refractivity contribution in [2.24, 2.45) is 0 Å². The predicted molar refractivity (Wildman–Crippen MR) is 87.4 cm³/mol. The number of fused-ring (bicyclic) bond motifs is 1. The molecule has 2 rings (SSSR count). The highest BCUT2D eigenvalue weighted by Crippen LogP contribution is 2.30. The van der Waals surface area contributed by atoms with Crippen LogP contribution in [0.5, 0.6) is 5.75 Å². The molecule has 0 radical (unpaired) electrons. The van der Waals surface area contributed by atoms with Gasteiger partial charge < -0.3 is 9.30 Å². The van der Waals surface area contributed by atoms with Gasteiger partial charge in [0.2, 0.25) is 0 Å². The predicted octanol–water partition coefficient (Wildman–Crippen LogP) is 4.74. The number of Topliss-reactive ketones (excluding diaryl/α,β-unsaturated/α-hetero) is 1. The summed E-state index contributed by atoms with van der Waals surface area (Å²) in [4.78, 5) is 12.0. The molecule has 0 N–H and O–H groups in total. The first-order valence-corrected chi connectivity index (χ1v) is 7.80. The molecule has 1 heterocycles. The fourth-order valence-electron chi connectivity index (χ4n) is 2.81. The Hall–Kier alpha value is -1.77. The number of hydrogen-bond acceptors (Lipinski definition) is 2. The molecule has 2 aromatic rings. The van der Waals surface area contributed by atoms with Crippen LogP contribution in [0.15, 0.2) is 18.2 Å². The van der Waals surface area contributed by atoms with Crippen molar-refractivity contribution in [3.8, 4) is 5.75 Å². The highest BCUT2D eigenvalue weighted by atomic mass is 16.5. The fourth-order valence-corrected chi connectivity index (χ4v) is 2.81. The van der Waals surface area contributed by atoms with Crippen LogP contribution in [-0.2, 0) is 6.54 Å². The standard InChI is InChI=1S/C18H25NO2/c1-6-10-19-13(4)18(14(5)20)16-11-15(8-9-17(16)19)21-12(3)7-2/h8-9,11-12H,6-7,10H2,1-5H3/t12-/m0/s1. The van der Waals surface area contributed by atoms with Crippen molar-refractivity contribution in [3.63, 3.8) is 0 Å². The van der Waals surface area contributed by atoms with E-state index >= 15 is 0 Å². The molecule has 0 saturated carbocycles. The Morgan fingerprint density at radius 1 is 1.33 bits per heavy atom. The molecule has 0 amide bonds. The largest absolute Gasteiger partial charge is 0.491 e. The second-order valence-electron chi connectivity index (χ2n) is 5.68. The second-order valence-corrected chi connectivity index (χ2v) is 5.68. The summed E-state index contributed by atoms with van der Waals surface area (Å²) in [5.74, 6) is 0.959. The zero-order chi connectivity index (χ0) is 15.6. The number of ketones is 1. The zero-order valence-corrected chi connectivity index (χ0v) is 13.7. The summed E-state index contributed by atoms with van der Waals surface area (Å²) in [7, 11) is 0. The summed E-state index contributed by atoms with van der Waals surface area (Å²) in [5, 5.41) is 1.01. The summed E-state index contributed by atoms with van der Waals surface area (Å²) < 4.78 is 8.13. The van der Waals surface area contributed by atoms with E-state index in [0.29, 0.717) is 0 Å². The van der Waals surface area contributed by atoms with Crippen molar-refractivity contribution in [2.45, 2.75) is 60.1 Å². The van der Waals surface area contributed by atoms with Crippen molar-refractivity contribution in [3.05, 3.63) is 29.5 Å². The minimum Gasteiger partial charge on any atom is -0.491 e. The van der Waals surface area contributed by atoms with Gasteiger partial charge in [-0.25, -0.2) is 0 Å². The first-order chi connectivity index (χ1) is 9.99. The van der Waals surface area contributed by atoms with Crippen LogP contribution in [0, 0.1) is 6.92 Å². The quantitative estimate of drug-likeness (QED) is 0.719. The summed E-state index contributed by atoms with van der Waals surface area (Å²) in [6.07, 6.45) is 2.20. The van der Waals surface area contributed by atoms with Crippen LogP contribution in [0.1, 0.15) is 56.6 Å². The molecule has 0 aliphatic carbocycles. The third-order valence-electron chi connectivity index (χ3n) is 4.01. The number of carbonyl (C=O) groups is 1. The third kappa shape index (κ3) is 2.97. The molecule has 114 valence electrons. The second kappa shape index (κ2) is 6.33. The Bertz CT molecular complexity index is 655. The first kappa shape index (κ1) is 15.6. The lowest BCUT2D eigenvalue weighted by Crippen LogP contribution is -2.09. The van der Waals surface area contributed by atoms with E-state index in [1.165, 1.54) is 0 Å². The molecule has 1 aromatic heterocycles. The fraction of sp³-hybridized carbons (Fsp3) is 0.500. The average molecular weight is 287 g/mol. The van der Waals surface area contributed by atoms with Crippen molar-refractivity contribution >= 4 is 16.7 Å². The van der Waals surface area contributed by atoms with Crippen LogP contribution < -0.4 is 4.74 Å². The van der Waals surface area contributed by atoms with Gasteiger partial charge in [0, 0.05) is 28.7 Å². The van der Waals surface area contributed by atoms with Gasteiger partial charge in [0.05, 0.1) is 6.10 Å². The highest BCUT2D eigenvalue weighted by molar-refractivity contribution is 6.08. The lowest BCUT2D eigenvalue weighted by Gasteiger charge is -2.13. The van der Waals surface area contributed by atoms with Crippen LogP contribution in [-0.4, -0.2) is 16.5 Å². The average Bonchev–Trinajstić information content (AvgIpc) is 2.71. The first-order valence-electron chi connectivity index (χ1n) is 7.80. The van der Waals surface area contributed by atoms with Crippen molar-refractivity contribution in [1.82, 2.24) is 4.57 Å². The number of benzene rings is 1. The Labute approximate surface area is 126 Å². The van der Waals surface area contributed by atoms with Crippen molar-refractivity contribution in [2.75, 3.05) is 0 Å². The molecular formula is C18H25NO2. The molecule has 21 heavy (non-hydrogen) atoms. The lowest BCUT2D eigenvalue weighted by molar-refractivity contribution is 0.101. The van der Waals surface area contributed by atoms with Crippen molar-refractivity contribution < 1.29 is 9.53 Å². The number of aromatic nitrogens is 1. The Morgan fingerprint density at radius 2 is 2.05 bits per heavy atom. The molecule has 0 aliphatic heterocycles. The Kier molecular flexibility index (Phi) is 4.71. The van der Waals surface area contributed by atoms with Gasteiger partial charge in [0.25, 0.3) is 0 Å². The molecule has 1 atom stereocenters. The van der Waals surface area contributed by atoms with E-state index < -0.39 is 0 Å². The third-order valence-corrected chi connectivity index (χ3v) is 4.01. The van der Waals surface area contributed by atoms with E-state index in [1.807, 2.05) is 19.1 Å².